The zero-order chi connectivity index (χ0) is 14.8. The molecule has 0 aliphatic carbocycles. The first-order chi connectivity index (χ1) is 10.2. The highest BCUT2D eigenvalue weighted by atomic mass is 16.3. The Kier molecular flexibility index (Phi) is 3.97. The maximum atomic E-state index is 12.5. The Morgan fingerprint density at radius 1 is 1.43 bits per heavy atom. The molecule has 1 N–H and O–H groups in total. The number of fused-ring (bicyclic) bond motifs is 1. The van der Waals surface area contributed by atoms with E-state index in [0.717, 1.165) is 47.9 Å². The van der Waals surface area contributed by atoms with E-state index in [1.54, 1.807) is 6.26 Å². The van der Waals surface area contributed by atoms with Crippen LogP contribution in [-0.2, 0) is 11.2 Å². The van der Waals surface area contributed by atoms with Crippen molar-refractivity contribution in [1.82, 2.24) is 4.90 Å². The van der Waals surface area contributed by atoms with E-state index in [2.05, 4.69) is 0 Å². The van der Waals surface area contributed by atoms with Crippen molar-refractivity contribution in [3.63, 3.8) is 0 Å². The van der Waals surface area contributed by atoms with Crippen LogP contribution in [-0.4, -0.2) is 35.1 Å². The van der Waals surface area contributed by atoms with Crippen molar-refractivity contribution >= 4 is 16.9 Å². The van der Waals surface area contributed by atoms with Gasteiger partial charge in [-0.1, -0.05) is 12.1 Å². The molecule has 0 radical (unpaired) electrons. The van der Waals surface area contributed by atoms with Crippen LogP contribution in [0.3, 0.4) is 0 Å². The number of hydrogen-bond acceptors (Lipinski definition) is 3. The van der Waals surface area contributed by atoms with Crippen molar-refractivity contribution in [2.75, 3.05) is 13.2 Å². The number of nitrogens with zero attached hydrogens (tertiary/aromatic N) is 1. The van der Waals surface area contributed by atoms with Crippen molar-refractivity contribution in [2.24, 2.45) is 0 Å². The van der Waals surface area contributed by atoms with E-state index >= 15 is 0 Å². The van der Waals surface area contributed by atoms with Crippen LogP contribution in [0.25, 0.3) is 11.0 Å². The number of benzene rings is 1. The minimum atomic E-state index is -0.0216. The Labute approximate surface area is 124 Å². The molecule has 1 saturated heterocycles. The molecule has 1 unspecified atom stereocenters. The quantitative estimate of drug-likeness (QED) is 0.944. The number of rotatable bonds is 3. The Hall–Kier alpha value is -1.81. The first kappa shape index (κ1) is 14.1. The molecule has 1 aromatic heterocycles. The van der Waals surface area contributed by atoms with Gasteiger partial charge < -0.3 is 14.4 Å². The molecule has 3 rings (SSSR count). The second kappa shape index (κ2) is 5.90. The van der Waals surface area contributed by atoms with Gasteiger partial charge in [-0.05, 0) is 37.8 Å². The fourth-order valence-corrected chi connectivity index (χ4v) is 3.11. The minimum Gasteiger partial charge on any atom is -0.464 e. The van der Waals surface area contributed by atoms with Gasteiger partial charge in [0.25, 0.3) is 0 Å². The monoisotopic (exact) mass is 287 g/mol. The van der Waals surface area contributed by atoms with Gasteiger partial charge in [0.15, 0.2) is 0 Å². The smallest absolute Gasteiger partial charge is 0.227 e. The first-order valence-corrected chi connectivity index (χ1v) is 7.56. The SMILES string of the molecule is Cc1ccc2c(CC(=O)N3CCCCC3CO)coc2c1. The molecule has 0 bridgehead atoms. The third-order valence-electron chi connectivity index (χ3n) is 4.31. The van der Waals surface area contributed by atoms with E-state index in [0.29, 0.717) is 6.42 Å². The summed E-state index contributed by atoms with van der Waals surface area (Å²) < 4.78 is 5.55. The lowest BCUT2D eigenvalue weighted by atomic mass is 10.0. The van der Waals surface area contributed by atoms with Gasteiger partial charge in [0.1, 0.15) is 5.58 Å². The van der Waals surface area contributed by atoms with Crippen LogP contribution in [0.1, 0.15) is 30.4 Å². The number of carbonyl (C=O) groups excluding carboxylic acids is 1. The van der Waals surface area contributed by atoms with Crippen LogP contribution in [0.5, 0.6) is 0 Å². The third-order valence-corrected chi connectivity index (χ3v) is 4.31. The summed E-state index contributed by atoms with van der Waals surface area (Å²) in [5.41, 5.74) is 2.90. The molecule has 21 heavy (non-hydrogen) atoms. The number of carbonyl (C=O) groups is 1. The Balaban J connectivity index is 1.79. The molecular weight excluding hydrogens is 266 g/mol. The van der Waals surface area contributed by atoms with E-state index < -0.39 is 0 Å². The van der Waals surface area contributed by atoms with Crippen LogP contribution in [0, 0.1) is 6.92 Å². The average molecular weight is 287 g/mol. The number of piperidine rings is 1. The molecule has 0 spiro atoms. The standard InChI is InChI=1S/C17H21NO3/c1-12-5-6-15-13(11-21-16(15)8-12)9-17(20)18-7-3-2-4-14(18)10-19/h5-6,8,11,14,19H,2-4,7,9-10H2,1H3. The topological polar surface area (TPSA) is 53.7 Å². The Morgan fingerprint density at radius 2 is 2.29 bits per heavy atom. The van der Waals surface area contributed by atoms with E-state index in [-0.39, 0.29) is 18.6 Å². The van der Waals surface area contributed by atoms with Crippen LogP contribution in [0.15, 0.2) is 28.9 Å². The zero-order valence-electron chi connectivity index (χ0n) is 12.3. The number of aliphatic hydroxyl groups excluding tert-OH is 1. The molecule has 1 aliphatic rings. The highest BCUT2D eigenvalue weighted by Crippen LogP contribution is 2.24. The summed E-state index contributed by atoms with van der Waals surface area (Å²) in [6.07, 6.45) is 5.02. The normalized spacial score (nSPS) is 19.1. The van der Waals surface area contributed by atoms with E-state index in [1.165, 1.54) is 0 Å². The molecule has 4 heteroatoms. The third kappa shape index (κ3) is 2.81. The lowest BCUT2D eigenvalue weighted by Gasteiger charge is -2.34. The molecule has 2 aromatic rings. The number of hydrogen-bond donors (Lipinski definition) is 1. The highest BCUT2D eigenvalue weighted by molar-refractivity contribution is 5.88. The fourth-order valence-electron chi connectivity index (χ4n) is 3.11. The Bertz CT molecular complexity index is 647. The summed E-state index contributed by atoms with van der Waals surface area (Å²) in [6, 6.07) is 6.01. The van der Waals surface area contributed by atoms with Crippen molar-refractivity contribution < 1.29 is 14.3 Å². The lowest BCUT2D eigenvalue weighted by molar-refractivity contribution is -0.135. The van der Waals surface area contributed by atoms with Gasteiger partial charge in [-0.25, -0.2) is 0 Å². The predicted molar refractivity (Wildman–Crippen MR) is 81.1 cm³/mol. The number of aryl methyl sites for hydroxylation is 1. The van der Waals surface area contributed by atoms with Gasteiger partial charge in [-0.3, -0.25) is 4.79 Å². The summed E-state index contributed by atoms with van der Waals surface area (Å²) in [7, 11) is 0. The van der Waals surface area contributed by atoms with E-state index in [1.807, 2.05) is 30.0 Å². The summed E-state index contributed by atoms with van der Waals surface area (Å²) in [6.45, 7) is 2.82. The maximum absolute atomic E-state index is 12.5. The van der Waals surface area contributed by atoms with Gasteiger partial charge >= 0.3 is 0 Å². The van der Waals surface area contributed by atoms with Crippen LogP contribution < -0.4 is 0 Å². The number of aliphatic hydroxyl groups is 1. The summed E-state index contributed by atoms with van der Waals surface area (Å²) in [5, 5.41) is 10.4. The Morgan fingerprint density at radius 3 is 3.10 bits per heavy atom. The largest absolute Gasteiger partial charge is 0.464 e. The second-order valence-corrected chi connectivity index (χ2v) is 5.86. The summed E-state index contributed by atoms with van der Waals surface area (Å²) in [5.74, 6) is 0.0806. The van der Waals surface area contributed by atoms with Crippen molar-refractivity contribution in [1.29, 1.82) is 0 Å². The molecule has 1 atom stereocenters. The van der Waals surface area contributed by atoms with Crippen molar-refractivity contribution in [2.45, 2.75) is 38.6 Å². The molecule has 1 aromatic carbocycles. The second-order valence-electron chi connectivity index (χ2n) is 5.86. The van der Waals surface area contributed by atoms with Crippen LogP contribution >= 0.6 is 0 Å². The number of amides is 1. The number of furan rings is 1. The van der Waals surface area contributed by atoms with Gasteiger partial charge in [0, 0.05) is 17.5 Å². The van der Waals surface area contributed by atoms with Gasteiger partial charge in [-0.15, -0.1) is 0 Å². The average Bonchev–Trinajstić information content (AvgIpc) is 2.89. The molecule has 1 amide bonds. The van der Waals surface area contributed by atoms with E-state index in [9.17, 15) is 9.90 Å². The van der Waals surface area contributed by atoms with E-state index in [4.69, 9.17) is 4.42 Å². The van der Waals surface area contributed by atoms with Crippen LogP contribution in [0.4, 0.5) is 0 Å². The molecule has 1 fully saturated rings. The number of likely N-dealkylation sites (tertiary alicyclic amines) is 1. The predicted octanol–water partition coefficient (Wildman–Crippen LogP) is 2.66. The fraction of sp³-hybridized carbons (Fsp3) is 0.471. The summed E-state index contributed by atoms with van der Waals surface area (Å²) >= 11 is 0. The molecular formula is C17H21NO3. The zero-order valence-corrected chi connectivity index (χ0v) is 12.3. The lowest BCUT2D eigenvalue weighted by Crippen LogP contribution is -2.46. The molecule has 4 nitrogen and oxygen atoms in total. The molecule has 112 valence electrons. The molecule has 2 heterocycles. The first-order valence-electron chi connectivity index (χ1n) is 7.56. The van der Waals surface area contributed by atoms with Gasteiger partial charge in [0.05, 0.1) is 25.3 Å². The maximum Gasteiger partial charge on any atom is 0.227 e. The van der Waals surface area contributed by atoms with Crippen molar-refractivity contribution in [3.05, 3.63) is 35.6 Å². The molecule has 0 saturated carbocycles. The van der Waals surface area contributed by atoms with Gasteiger partial charge in [-0.2, -0.15) is 0 Å². The van der Waals surface area contributed by atoms with Gasteiger partial charge in [0.2, 0.25) is 5.91 Å². The minimum absolute atomic E-state index is 0.0216. The molecule has 1 aliphatic heterocycles. The highest BCUT2D eigenvalue weighted by Gasteiger charge is 2.26. The van der Waals surface area contributed by atoms with Crippen molar-refractivity contribution in [3.8, 4) is 0 Å². The summed E-state index contributed by atoms with van der Waals surface area (Å²) in [4.78, 5) is 14.3. The van der Waals surface area contributed by atoms with Crippen LogP contribution in [0.2, 0.25) is 0 Å².